The third-order valence-corrected chi connectivity index (χ3v) is 9.56. The van der Waals surface area contributed by atoms with Gasteiger partial charge in [-0.3, -0.25) is 9.89 Å². The van der Waals surface area contributed by atoms with Gasteiger partial charge in [-0.1, -0.05) is 24.3 Å². The Labute approximate surface area is 258 Å². The topological polar surface area (TPSA) is 114 Å². The number of para-hydroxylation sites is 1. The standard InChI is InChI=1S/C33H43N7O4/c1-22-18-23(19-25-21-34-36-30(22)25)20-29(31(41)38-13-9-26(10-14-38)37(2)3)44-33(43)39-15-11-27(12-16-39)40-17-8-24-6-4-5-7-28(24)35-32(40)42/h4-7,18-19,21,26-27,29H,8-17,20H2,1-3H3,(H,34,36)(H,35,42). The van der Waals surface area contributed by atoms with Gasteiger partial charge < -0.3 is 29.7 Å². The molecule has 3 aliphatic rings. The molecule has 2 N–H and O–H groups in total. The number of hydrogen-bond acceptors (Lipinski definition) is 6. The average molecular weight is 602 g/mol. The predicted molar refractivity (Wildman–Crippen MR) is 169 cm³/mol. The van der Waals surface area contributed by atoms with Crippen molar-refractivity contribution in [2.45, 2.75) is 63.6 Å². The van der Waals surface area contributed by atoms with Crippen molar-refractivity contribution in [1.29, 1.82) is 0 Å². The van der Waals surface area contributed by atoms with Crippen LogP contribution in [0.2, 0.25) is 0 Å². The first-order chi connectivity index (χ1) is 21.3. The normalized spacial score (nSPS) is 19.1. The fourth-order valence-electron chi connectivity index (χ4n) is 6.92. The first-order valence-electron chi connectivity index (χ1n) is 15.8. The molecule has 44 heavy (non-hydrogen) atoms. The van der Waals surface area contributed by atoms with Crippen LogP contribution in [0.4, 0.5) is 15.3 Å². The van der Waals surface area contributed by atoms with E-state index < -0.39 is 12.2 Å². The van der Waals surface area contributed by atoms with Gasteiger partial charge in [-0.2, -0.15) is 5.10 Å². The van der Waals surface area contributed by atoms with E-state index in [-0.39, 0.29) is 18.0 Å². The minimum atomic E-state index is -0.922. The van der Waals surface area contributed by atoms with Crippen molar-refractivity contribution in [3.05, 3.63) is 59.3 Å². The largest absolute Gasteiger partial charge is 0.436 e. The van der Waals surface area contributed by atoms with Crippen molar-refractivity contribution in [2.24, 2.45) is 0 Å². The number of aromatic nitrogens is 2. The smallest absolute Gasteiger partial charge is 0.410 e. The molecule has 2 saturated heterocycles. The maximum atomic E-state index is 13.9. The molecule has 4 heterocycles. The molecule has 6 rings (SSSR count). The summed E-state index contributed by atoms with van der Waals surface area (Å²) in [6.07, 6.45) is 4.56. The van der Waals surface area contributed by atoms with Crippen LogP contribution in [0.15, 0.2) is 42.6 Å². The molecule has 3 aliphatic heterocycles. The van der Waals surface area contributed by atoms with Gasteiger partial charge in [-0.05, 0) is 81.9 Å². The number of likely N-dealkylation sites (tertiary alicyclic amines) is 2. The van der Waals surface area contributed by atoms with Crippen LogP contribution in [0.25, 0.3) is 10.9 Å². The number of aromatic amines is 1. The van der Waals surface area contributed by atoms with Gasteiger partial charge in [0.15, 0.2) is 6.10 Å². The molecule has 3 aromatic rings. The molecule has 1 atom stereocenters. The molecule has 0 radical (unpaired) electrons. The lowest BCUT2D eigenvalue weighted by Crippen LogP contribution is -2.52. The van der Waals surface area contributed by atoms with Crippen LogP contribution in [0.3, 0.4) is 0 Å². The number of amides is 4. The van der Waals surface area contributed by atoms with Gasteiger partial charge in [0.05, 0.1) is 11.7 Å². The Morgan fingerprint density at radius 1 is 1.02 bits per heavy atom. The van der Waals surface area contributed by atoms with Crippen molar-refractivity contribution in [2.75, 3.05) is 52.1 Å². The lowest BCUT2D eigenvalue weighted by atomic mass is 10.00. The second kappa shape index (κ2) is 12.9. The summed E-state index contributed by atoms with van der Waals surface area (Å²) in [6, 6.07) is 12.3. The van der Waals surface area contributed by atoms with Gasteiger partial charge in [0, 0.05) is 62.3 Å². The third kappa shape index (κ3) is 6.38. The Morgan fingerprint density at radius 3 is 2.50 bits per heavy atom. The highest BCUT2D eigenvalue weighted by molar-refractivity contribution is 5.91. The van der Waals surface area contributed by atoms with Gasteiger partial charge in [-0.25, -0.2) is 9.59 Å². The first-order valence-corrected chi connectivity index (χ1v) is 15.8. The summed E-state index contributed by atoms with van der Waals surface area (Å²) in [5, 5.41) is 11.2. The lowest BCUT2D eigenvalue weighted by Gasteiger charge is -2.38. The summed E-state index contributed by atoms with van der Waals surface area (Å²) >= 11 is 0. The second-order valence-electron chi connectivity index (χ2n) is 12.6. The SMILES string of the molecule is Cc1cc(CC(OC(=O)N2CCC(N3CCc4ccccc4NC3=O)CC2)C(=O)N2CCC(N(C)C)CC2)cc2cn[nH]c12. The zero-order valence-electron chi connectivity index (χ0n) is 25.9. The molecule has 1 aromatic heterocycles. The fraction of sp³-hybridized carbons (Fsp3) is 0.515. The summed E-state index contributed by atoms with van der Waals surface area (Å²) in [6.45, 7) is 4.86. The third-order valence-electron chi connectivity index (χ3n) is 9.56. The zero-order chi connectivity index (χ0) is 30.8. The molecule has 0 saturated carbocycles. The van der Waals surface area contributed by atoms with Gasteiger partial charge in [-0.15, -0.1) is 0 Å². The number of H-pyrrole nitrogens is 1. The highest BCUT2D eigenvalue weighted by atomic mass is 16.6. The Kier molecular flexibility index (Phi) is 8.74. The molecule has 0 aliphatic carbocycles. The number of aryl methyl sites for hydroxylation is 1. The Balaban J connectivity index is 1.11. The number of benzene rings is 2. The van der Waals surface area contributed by atoms with Crippen LogP contribution in [0.1, 0.15) is 42.4 Å². The number of nitrogens with zero attached hydrogens (tertiary/aromatic N) is 5. The number of urea groups is 1. The molecule has 234 valence electrons. The van der Waals surface area contributed by atoms with Crippen LogP contribution >= 0.6 is 0 Å². The van der Waals surface area contributed by atoms with E-state index in [1.807, 2.05) is 47.1 Å². The van der Waals surface area contributed by atoms with Crippen LogP contribution in [-0.2, 0) is 22.4 Å². The van der Waals surface area contributed by atoms with Gasteiger partial charge in [0.2, 0.25) is 0 Å². The number of carbonyl (C=O) groups excluding carboxylic acids is 3. The Morgan fingerprint density at radius 2 is 1.75 bits per heavy atom. The molecule has 2 aromatic carbocycles. The number of fused-ring (bicyclic) bond motifs is 2. The lowest BCUT2D eigenvalue weighted by molar-refractivity contribution is -0.142. The molecule has 2 fully saturated rings. The van der Waals surface area contributed by atoms with E-state index in [0.29, 0.717) is 58.0 Å². The van der Waals surface area contributed by atoms with E-state index >= 15 is 0 Å². The summed E-state index contributed by atoms with van der Waals surface area (Å²) in [5.41, 5.74) is 4.92. The van der Waals surface area contributed by atoms with Crippen LogP contribution in [0, 0.1) is 6.92 Å². The highest BCUT2D eigenvalue weighted by Crippen LogP contribution is 2.26. The van der Waals surface area contributed by atoms with E-state index in [0.717, 1.165) is 52.5 Å². The predicted octanol–water partition coefficient (Wildman–Crippen LogP) is 4.03. The molecular formula is C33H43N7O4. The number of ether oxygens (including phenoxy) is 1. The molecule has 1 unspecified atom stereocenters. The maximum absolute atomic E-state index is 13.9. The van der Waals surface area contributed by atoms with Crippen molar-refractivity contribution in [3.8, 4) is 0 Å². The summed E-state index contributed by atoms with van der Waals surface area (Å²) in [7, 11) is 4.14. The Hall–Kier alpha value is -4.12. The summed E-state index contributed by atoms with van der Waals surface area (Å²) < 4.78 is 6.05. The van der Waals surface area contributed by atoms with E-state index in [1.165, 1.54) is 0 Å². The van der Waals surface area contributed by atoms with E-state index in [1.54, 1.807) is 11.1 Å². The summed E-state index contributed by atoms with van der Waals surface area (Å²) in [5.74, 6) is -0.142. The van der Waals surface area contributed by atoms with Gasteiger partial charge in [0.25, 0.3) is 5.91 Å². The second-order valence-corrected chi connectivity index (χ2v) is 12.6. The average Bonchev–Trinajstić information content (AvgIpc) is 3.44. The molecule has 0 bridgehead atoms. The van der Waals surface area contributed by atoms with Crippen LogP contribution in [0.5, 0.6) is 0 Å². The van der Waals surface area contributed by atoms with Gasteiger partial charge in [0.1, 0.15) is 0 Å². The van der Waals surface area contributed by atoms with Crippen molar-refractivity contribution in [1.82, 2.24) is 29.8 Å². The number of rotatable bonds is 6. The highest BCUT2D eigenvalue weighted by Gasteiger charge is 2.35. The zero-order valence-corrected chi connectivity index (χ0v) is 25.9. The van der Waals surface area contributed by atoms with E-state index in [9.17, 15) is 14.4 Å². The molecule has 11 heteroatoms. The quantitative estimate of drug-likeness (QED) is 0.441. The monoisotopic (exact) mass is 601 g/mol. The van der Waals surface area contributed by atoms with E-state index in [2.05, 4.69) is 40.6 Å². The number of anilines is 1. The van der Waals surface area contributed by atoms with Crippen molar-refractivity contribution >= 4 is 34.6 Å². The van der Waals surface area contributed by atoms with Gasteiger partial charge >= 0.3 is 12.1 Å². The fourth-order valence-corrected chi connectivity index (χ4v) is 6.92. The minimum absolute atomic E-state index is 0.0356. The van der Waals surface area contributed by atoms with E-state index in [4.69, 9.17) is 4.74 Å². The number of nitrogens with one attached hydrogen (secondary N) is 2. The van der Waals surface area contributed by atoms with Crippen molar-refractivity contribution in [3.63, 3.8) is 0 Å². The number of hydrogen-bond donors (Lipinski definition) is 2. The number of carbonyl (C=O) groups is 3. The molecular weight excluding hydrogens is 558 g/mol. The maximum Gasteiger partial charge on any atom is 0.410 e. The summed E-state index contributed by atoms with van der Waals surface area (Å²) in [4.78, 5) is 48.1. The van der Waals surface area contributed by atoms with Crippen LogP contribution in [-0.4, -0.2) is 113 Å². The minimum Gasteiger partial charge on any atom is -0.436 e. The van der Waals surface area contributed by atoms with Crippen molar-refractivity contribution < 1.29 is 19.1 Å². The molecule has 4 amide bonds. The Bertz CT molecular complexity index is 1500. The molecule has 11 nitrogen and oxygen atoms in total. The first kappa shape index (κ1) is 29.9. The number of piperidine rings is 2. The van der Waals surface area contributed by atoms with Crippen LogP contribution < -0.4 is 5.32 Å². The molecule has 0 spiro atoms.